The van der Waals surface area contributed by atoms with Gasteiger partial charge in [0.2, 0.25) is 0 Å². The van der Waals surface area contributed by atoms with E-state index in [2.05, 4.69) is 26.2 Å². The lowest BCUT2D eigenvalue weighted by Crippen LogP contribution is -2.00. The minimum absolute atomic E-state index is 0.323. The van der Waals surface area contributed by atoms with Crippen molar-refractivity contribution in [2.45, 2.75) is 6.92 Å². The Morgan fingerprint density at radius 2 is 2.06 bits per heavy atom. The third kappa shape index (κ3) is 2.39. The lowest BCUT2D eigenvalue weighted by Gasteiger charge is -2.11. The van der Waals surface area contributed by atoms with Gasteiger partial charge in [0, 0.05) is 0 Å². The summed E-state index contributed by atoms with van der Waals surface area (Å²) in [6.45, 7) is 1.87. The van der Waals surface area contributed by atoms with Crippen molar-refractivity contribution in [1.29, 1.82) is 0 Å². The summed E-state index contributed by atoms with van der Waals surface area (Å²) >= 11 is 3.39. The number of nitrogens with zero attached hydrogens (tertiary/aromatic N) is 1. The number of para-hydroxylation sites is 1. The van der Waals surface area contributed by atoms with Gasteiger partial charge in [0.15, 0.2) is 0 Å². The fourth-order valence-electron chi connectivity index (χ4n) is 1.37. The van der Waals surface area contributed by atoms with Crippen LogP contribution in [0.2, 0.25) is 0 Å². The molecule has 0 atom stereocenters. The van der Waals surface area contributed by atoms with Gasteiger partial charge in [0.05, 0.1) is 22.0 Å². The first-order valence-corrected chi connectivity index (χ1v) is 5.81. The molecule has 88 valence electrons. The summed E-state index contributed by atoms with van der Waals surface area (Å²) in [6, 6.07) is 6.43. The van der Waals surface area contributed by atoms with E-state index < -0.39 is 0 Å². The van der Waals surface area contributed by atoms with Crippen LogP contribution in [-0.2, 0) is 0 Å². The smallest absolute Gasteiger partial charge is 0.146 e. The Morgan fingerprint density at radius 3 is 2.76 bits per heavy atom. The molecule has 1 heterocycles. The molecule has 0 amide bonds. The molecule has 0 unspecified atom stereocenters. The quantitative estimate of drug-likeness (QED) is 0.890. The average Bonchev–Trinajstić information content (AvgIpc) is 2.32. The second kappa shape index (κ2) is 4.71. The highest BCUT2D eigenvalue weighted by atomic mass is 79.9. The number of pyridine rings is 1. The van der Waals surface area contributed by atoms with E-state index in [1.165, 1.54) is 6.07 Å². The molecule has 0 bridgehead atoms. The largest absolute Gasteiger partial charge is 0.397 e. The lowest BCUT2D eigenvalue weighted by atomic mass is 10.2. The molecule has 0 aliphatic rings. The van der Waals surface area contributed by atoms with Gasteiger partial charge >= 0.3 is 0 Å². The van der Waals surface area contributed by atoms with Gasteiger partial charge in [0.25, 0.3) is 0 Å². The fourth-order valence-corrected chi connectivity index (χ4v) is 1.80. The van der Waals surface area contributed by atoms with Crippen LogP contribution in [-0.4, -0.2) is 4.98 Å². The Balaban J connectivity index is 2.38. The van der Waals surface area contributed by atoms with Gasteiger partial charge in [-0.1, -0.05) is 12.1 Å². The van der Waals surface area contributed by atoms with Crippen LogP contribution in [0.1, 0.15) is 5.56 Å². The molecule has 0 aliphatic carbocycles. The molecule has 0 saturated heterocycles. The molecule has 3 N–H and O–H groups in total. The zero-order valence-electron chi connectivity index (χ0n) is 9.17. The predicted octanol–water partition coefficient (Wildman–Crippen LogP) is 3.62. The van der Waals surface area contributed by atoms with Gasteiger partial charge in [-0.2, -0.15) is 0 Å². The number of aromatic nitrogens is 1. The van der Waals surface area contributed by atoms with Gasteiger partial charge < -0.3 is 11.1 Å². The maximum Gasteiger partial charge on any atom is 0.146 e. The maximum absolute atomic E-state index is 13.5. The van der Waals surface area contributed by atoms with Crippen LogP contribution in [0.25, 0.3) is 0 Å². The van der Waals surface area contributed by atoms with E-state index in [1.807, 2.05) is 6.92 Å². The molecule has 17 heavy (non-hydrogen) atoms. The highest BCUT2D eigenvalue weighted by Gasteiger charge is 2.09. The number of hydrogen-bond acceptors (Lipinski definition) is 3. The SMILES string of the molecule is Cc1c(N)cnc(Nc2ccccc2F)c1Br. The van der Waals surface area contributed by atoms with Gasteiger partial charge in [-0.3, -0.25) is 0 Å². The molecule has 0 fully saturated rings. The molecule has 3 nitrogen and oxygen atoms in total. The number of nitrogen functional groups attached to an aromatic ring is 1. The lowest BCUT2D eigenvalue weighted by molar-refractivity contribution is 0.632. The first kappa shape index (κ1) is 11.9. The Hall–Kier alpha value is -1.62. The molecule has 1 aromatic heterocycles. The third-order valence-electron chi connectivity index (χ3n) is 2.43. The fraction of sp³-hybridized carbons (Fsp3) is 0.0833. The van der Waals surface area contributed by atoms with Crippen LogP contribution < -0.4 is 11.1 Å². The summed E-state index contributed by atoms with van der Waals surface area (Å²) in [5, 5.41) is 2.92. The van der Waals surface area contributed by atoms with Crippen LogP contribution in [0, 0.1) is 12.7 Å². The topological polar surface area (TPSA) is 50.9 Å². The first-order chi connectivity index (χ1) is 8.09. The van der Waals surface area contributed by atoms with E-state index in [1.54, 1.807) is 24.4 Å². The minimum atomic E-state index is -0.323. The molecule has 0 saturated carbocycles. The van der Waals surface area contributed by atoms with Gasteiger partial charge in [-0.25, -0.2) is 9.37 Å². The van der Waals surface area contributed by atoms with Crippen LogP contribution in [0.3, 0.4) is 0 Å². The minimum Gasteiger partial charge on any atom is -0.397 e. The number of nitrogens with two attached hydrogens (primary N) is 1. The van der Waals surface area contributed by atoms with E-state index in [-0.39, 0.29) is 5.82 Å². The van der Waals surface area contributed by atoms with Gasteiger partial charge in [0.1, 0.15) is 11.6 Å². The van der Waals surface area contributed by atoms with Crippen LogP contribution >= 0.6 is 15.9 Å². The highest BCUT2D eigenvalue weighted by molar-refractivity contribution is 9.10. The van der Waals surface area contributed by atoms with E-state index in [4.69, 9.17) is 5.73 Å². The molecule has 2 aromatic rings. The Morgan fingerprint density at radius 1 is 1.35 bits per heavy atom. The molecule has 0 spiro atoms. The second-order valence-corrected chi connectivity index (χ2v) is 4.40. The normalized spacial score (nSPS) is 10.3. The van der Waals surface area contributed by atoms with Crippen molar-refractivity contribution >= 4 is 33.1 Å². The standard InChI is InChI=1S/C12H11BrFN3/c1-7-9(15)6-16-12(11(7)13)17-10-5-3-2-4-8(10)14/h2-6H,15H2,1H3,(H,16,17). The number of benzene rings is 1. The Bertz CT molecular complexity index is 557. The summed E-state index contributed by atoms with van der Waals surface area (Å²) in [5.74, 6) is 0.220. The molecule has 0 aliphatic heterocycles. The summed E-state index contributed by atoms with van der Waals surface area (Å²) in [7, 11) is 0. The van der Waals surface area contributed by atoms with Crippen molar-refractivity contribution in [1.82, 2.24) is 4.98 Å². The maximum atomic E-state index is 13.5. The Kier molecular flexibility index (Phi) is 3.28. The van der Waals surface area contributed by atoms with Crippen molar-refractivity contribution < 1.29 is 4.39 Å². The molecule has 5 heteroatoms. The molecular formula is C12H11BrFN3. The molecule has 2 rings (SSSR count). The predicted molar refractivity (Wildman–Crippen MR) is 70.8 cm³/mol. The average molecular weight is 296 g/mol. The number of anilines is 3. The third-order valence-corrected chi connectivity index (χ3v) is 3.40. The molecule has 0 radical (unpaired) electrons. The summed E-state index contributed by atoms with van der Waals surface area (Å²) < 4.78 is 14.2. The van der Waals surface area contributed by atoms with E-state index in [0.29, 0.717) is 17.2 Å². The van der Waals surface area contributed by atoms with Crippen molar-refractivity contribution in [2.24, 2.45) is 0 Å². The summed E-state index contributed by atoms with van der Waals surface area (Å²) in [5.41, 5.74) is 7.57. The zero-order valence-corrected chi connectivity index (χ0v) is 10.8. The van der Waals surface area contributed by atoms with Crippen molar-refractivity contribution in [3.8, 4) is 0 Å². The van der Waals surface area contributed by atoms with Gasteiger partial charge in [-0.15, -0.1) is 0 Å². The number of hydrogen-bond donors (Lipinski definition) is 2. The summed E-state index contributed by atoms with van der Waals surface area (Å²) in [6.07, 6.45) is 1.54. The zero-order chi connectivity index (χ0) is 12.4. The number of halogens is 2. The van der Waals surface area contributed by atoms with Crippen molar-refractivity contribution in [3.05, 3.63) is 46.3 Å². The summed E-state index contributed by atoms with van der Waals surface area (Å²) in [4.78, 5) is 4.13. The highest BCUT2D eigenvalue weighted by Crippen LogP contribution is 2.30. The van der Waals surface area contributed by atoms with E-state index >= 15 is 0 Å². The van der Waals surface area contributed by atoms with Crippen molar-refractivity contribution in [3.63, 3.8) is 0 Å². The Labute approximate surface area is 107 Å². The van der Waals surface area contributed by atoms with Crippen molar-refractivity contribution in [2.75, 3.05) is 11.1 Å². The molecule has 1 aromatic carbocycles. The van der Waals surface area contributed by atoms with Crippen LogP contribution in [0.15, 0.2) is 34.9 Å². The van der Waals surface area contributed by atoms with E-state index in [0.717, 1.165) is 10.0 Å². The monoisotopic (exact) mass is 295 g/mol. The van der Waals surface area contributed by atoms with Gasteiger partial charge in [-0.05, 0) is 40.5 Å². The number of nitrogens with one attached hydrogen (secondary N) is 1. The number of rotatable bonds is 2. The molecular weight excluding hydrogens is 285 g/mol. The second-order valence-electron chi connectivity index (χ2n) is 3.61. The first-order valence-electron chi connectivity index (χ1n) is 5.01. The van der Waals surface area contributed by atoms with Crippen LogP contribution in [0.5, 0.6) is 0 Å². The van der Waals surface area contributed by atoms with E-state index in [9.17, 15) is 4.39 Å². The van der Waals surface area contributed by atoms with Crippen LogP contribution in [0.4, 0.5) is 21.6 Å².